The summed E-state index contributed by atoms with van der Waals surface area (Å²) in [7, 11) is 1.34. The summed E-state index contributed by atoms with van der Waals surface area (Å²) >= 11 is 2.73. The molecule has 0 spiro atoms. The highest BCUT2D eigenvalue weighted by Crippen LogP contribution is 2.25. The number of hydrogen-bond acceptors (Lipinski definition) is 9. The van der Waals surface area contributed by atoms with Gasteiger partial charge in [-0.1, -0.05) is 24.3 Å². The summed E-state index contributed by atoms with van der Waals surface area (Å²) in [6.07, 6.45) is 1.79. The number of carbonyl (C=O) groups is 1. The molecule has 37 heavy (non-hydrogen) atoms. The van der Waals surface area contributed by atoms with E-state index in [4.69, 9.17) is 9.47 Å². The molecule has 0 amide bonds. The molecule has 1 saturated heterocycles. The largest absolute Gasteiger partial charge is 0.465 e. The first-order valence-electron chi connectivity index (χ1n) is 11.8. The second-order valence-corrected chi connectivity index (χ2v) is 10.5. The van der Waals surface area contributed by atoms with Gasteiger partial charge in [0.15, 0.2) is 0 Å². The molecule has 0 aliphatic carbocycles. The molecular weight excluding hydrogens is 508 g/mol. The van der Waals surface area contributed by atoms with Gasteiger partial charge in [0.05, 0.1) is 40.6 Å². The Morgan fingerprint density at radius 3 is 2.59 bits per heavy atom. The number of esters is 1. The van der Waals surface area contributed by atoms with Crippen LogP contribution in [-0.4, -0.2) is 60.4 Å². The zero-order valence-electron chi connectivity index (χ0n) is 20.2. The van der Waals surface area contributed by atoms with E-state index in [0.29, 0.717) is 51.6 Å². The molecule has 1 aliphatic heterocycles. The summed E-state index contributed by atoms with van der Waals surface area (Å²) in [5, 5.41) is 10.8. The maximum absolute atomic E-state index is 13.6. The molecule has 4 aromatic rings. The fourth-order valence-electron chi connectivity index (χ4n) is 4.13. The van der Waals surface area contributed by atoms with Crippen LogP contribution in [0.25, 0.3) is 21.9 Å². The fourth-order valence-corrected chi connectivity index (χ4v) is 6.28. The van der Waals surface area contributed by atoms with Crippen LogP contribution in [0, 0.1) is 11.3 Å². The molecular formula is C27H24N4O4S2. The molecule has 10 heteroatoms. The standard InChI is InChI=1S/C27H24N4O4S2/c1-34-27(33)19-8-6-18(7-9-19)16-23-25(32)31(11-10-30-12-14-35-15-13-30)26(37-23)20(17-28)24-29-21-4-2-3-5-22(21)36-24/h2-9,16H,10-15H2,1H3/b23-16+,26-20+. The molecule has 0 N–H and O–H groups in total. The average Bonchev–Trinajstić information content (AvgIpc) is 3.49. The van der Waals surface area contributed by atoms with Gasteiger partial charge in [-0.15, -0.1) is 22.7 Å². The van der Waals surface area contributed by atoms with Crippen molar-refractivity contribution in [1.82, 2.24) is 14.5 Å². The van der Waals surface area contributed by atoms with Gasteiger partial charge >= 0.3 is 5.97 Å². The van der Waals surface area contributed by atoms with E-state index in [0.717, 1.165) is 28.9 Å². The molecule has 188 valence electrons. The number of aromatic nitrogens is 2. The Labute approximate surface area is 220 Å². The van der Waals surface area contributed by atoms with Gasteiger partial charge in [-0.3, -0.25) is 14.3 Å². The number of rotatable bonds is 6. The van der Waals surface area contributed by atoms with E-state index >= 15 is 0 Å². The number of benzene rings is 2. The number of para-hydroxylation sites is 1. The quantitative estimate of drug-likeness (QED) is 0.351. The minimum absolute atomic E-state index is 0.154. The number of morpholine rings is 1. The summed E-state index contributed by atoms with van der Waals surface area (Å²) in [5.74, 6) is -0.417. The average molecular weight is 533 g/mol. The zero-order chi connectivity index (χ0) is 25.8. The molecule has 8 nitrogen and oxygen atoms in total. The molecule has 1 aliphatic rings. The Balaban J connectivity index is 1.62. The van der Waals surface area contributed by atoms with Crippen LogP contribution in [0.2, 0.25) is 0 Å². The molecule has 0 bridgehead atoms. The third-order valence-corrected chi connectivity index (χ3v) is 8.30. The fraction of sp³-hybridized carbons (Fsp3) is 0.259. The predicted octanol–water partition coefficient (Wildman–Crippen LogP) is 2.19. The minimum Gasteiger partial charge on any atom is -0.465 e. The van der Waals surface area contributed by atoms with Gasteiger partial charge in [0.1, 0.15) is 21.3 Å². The molecule has 1 fully saturated rings. The first-order chi connectivity index (χ1) is 18.1. The molecule has 0 unspecified atom stereocenters. The van der Waals surface area contributed by atoms with Gasteiger partial charge in [-0.25, -0.2) is 9.78 Å². The molecule has 2 aromatic heterocycles. The SMILES string of the molecule is COC(=O)c1ccc(/C=c2/s/c(=C(\C#N)c3nc4ccccc4s3)n(CCN3CCOCC3)c2=O)cc1. The van der Waals surface area contributed by atoms with E-state index in [-0.39, 0.29) is 5.56 Å². The molecule has 0 radical (unpaired) electrons. The monoisotopic (exact) mass is 532 g/mol. The zero-order valence-corrected chi connectivity index (χ0v) is 21.8. The molecule has 5 rings (SSSR count). The Bertz CT molecular complexity index is 1620. The van der Waals surface area contributed by atoms with Crippen molar-refractivity contribution in [1.29, 1.82) is 5.26 Å². The van der Waals surface area contributed by atoms with Gasteiger partial charge in [0.25, 0.3) is 5.56 Å². The number of nitrogens with zero attached hydrogens (tertiary/aromatic N) is 4. The van der Waals surface area contributed by atoms with Crippen LogP contribution in [0.4, 0.5) is 0 Å². The van der Waals surface area contributed by atoms with Crippen LogP contribution in [0.15, 0.2) is 53.3 Å². The van der Waals surface area contributed by atoms with Crippen molar-refractivity contribution in [2.45, 2.75) is 6.54 Å². The van der Waals surface area contributed by atoms with Gasteiger partial charge in [-0.2, -0.15) is 5.26 Å². The van der Waals surface area contributed by atoms with Crippen molar-refractivity contribution in [3.63, 3.8) is 0 Å². The number of methoxy groups -OCH3 is 1. The highest BCUT2D eigenvalue weighted by atomic mass is 32.1. The van der Waals surface area contributed by atoms with Crippen LogP contribution >= 0.6 is 22.7 Å². The molecule has 2 aromatic carbocycles. The Hall–Kier alpha value is -3.62. The lowest BCUT2D eigenvalue weighted by atomic mass is 10.1. The van der Waals surface area contributed by atoms with E-state index in [1.54, 1.807) is 34.9 Å². The van der Waals surface area contributed by atoms with Crippen molar-refractivity contribution >= 4 is 50.5 Å². The summed E-state index contributed by atoms with van der Waals surface area (Å²) in [4.78, 5) is 32.3. The predicted molar refractivity (Wildman–Crippen MR) is 144 cm³/mol. The number of fused-ring (bicyclic) bond motifs is 1. The molecule has 0 atom stereocenters. The molecule has 3 heterocycles. The highest BCUT2D eigenvalue weighted by molar-refractivity contribution is 7.19. The van der Waals surface area contributed by atoms with Crippen molar-refractivity contribution in [3.05, 3.63) is 84.2 Å². The third kappa shape index (κ3) is 5.40. The van der Waals surface area contributed by atoms with Crippen LogP contribution in [-0.2, 0) is 16.0 Å². The van der Waals surface area contributed by atoms with E-state index in [1.807, 2.05) is 24.3 Å². The number of ether oxygens (including phenoxy) is 2. The number of nitriles is 1. The summed E-state index contributed by atoms with van der Waals surface area (Å²) in [5.41, 5.74) is 2.28. The Kier molecular flexibility index (Phi) is 7.58. The Morgan fingerprint density at radius 2 is 1.89 bits per heavy atom. The van der Waals surface area contributed by atoms with Crippen molar-refractivity contribution in [3.8, 4) is 6.07 Å². The normalized spacial score (nSPS) is 15.5. The van der Waals surface area contributed by atoms with Crippen molar-refractivity contribution in [2.75, 3.05) is 40.0 Å². The van der Waals surface area contributed by atoms with E-state index < -0.39 is 5.97 Å². The van der Waals surface area contributed by atoms with Gasteiger partial charge in [0.2, 0.25) is 0 Å². The maximum Gasteiger partial charge on any atom is 0.337 e. The van der Waals surface area contributed by atoms with E-state index in [2.05, 4.69) is 16.0 Å². The van der Waals surface area contributed by atoms with Crippen LogP contribution in [0.3, 0.4) is 0 Å². The molecule has 0 saturated carbocycles. The summed E-state index contributed by atoms with van der Waals surface area (Å²) in [6.45, 7) is 4.11. The van der Waals surface area contributed by atoms with Gasteiger partial charge in [-0.05, 0) is 35.9 Å². The Morgan fingerprint density at radius 1 is 1.14 bits per heavy atom. The third-order valence-electron chi connectivity index (χ3n) is 6.11. The second kappa shape index (κ2) is 11.2. The van der Waals surface area contributed by atoms with Crippen LogP contribution in [0.5, 0.6) is 0 Å². The smallest absolute Gasteiger partial charge is 0.337 e. The topological polar surface area (TPSA) is 97.4 Å². The lowest BCUT2D eigenvalue weighted by Crippen LogP contribution is -2.41. The minimum atomic E-state index is -0.417. The first-order valence-corrected chi connectivity index (χ1v) is 13.4. The van der Waals surface area contributed by atoms with Crippen LogP contribution < -0.4 is 14.8 Å². The van der Waals surface area contributed by atoms with Gasteiger partial charge in [0, 0.05) is 26.2 Å². The highest BCUT2D eigenvalue weighted by Gasteiger charge is 2.17. The van der Waals surface area contributed by atoms with Gasteiger partial charge < -0.3 is 9.47 Å². The summed E-state index contributed by atoms with van der Waals surface area (Å²) < 4.78 is 14.0. The van der Waals surface area contributed by atoms with E-state index in [9.17, 15) is 14.9 Å². The number of carbonyl (C=O) groups excluding carboxylic acids is 1. The van der Waals surface area contributed by atoms with Crippen molar-refractivity contribution in [2.24, 2.45) is 0 Å². The second-order valence-electron chi connectivity index (χ2n) is 8.41. The van der Waals surface area contributed by atoms with Crippen LogP contribution in [0.1, 0.15) is 20.9 Å². The van der Waals surface area contributed by atoms with E-state index in [1.165, 1.54) is 29.8 Å². The first kappa shape index (κ1) is 25.0. The maximum atomic E-state index is 13.6. The number of hydrogen-bond donors (Lipinski definition) is 0. The number of thiazole rings is 2. The summed E-state index contributed by atoms with van der Waals surface area (Å²) in [6, 6.07) is 16.9. The van der Waals surface area contributed by atoms with Crippen molar-refractivity contribution < 1.29 is 14.3 Å². The lowest BCUT2D eigenvalue weighted by Gasteiger charge is -2.26. The lowest BCUT2D eigenvalue weighted by molar-refractivity contribution is 0.0362.